The molecule has 50 heavy (non-hydrogen) atoms. The number of nitrogens with zero attached hydrogens (tertiary/aromatic N) is 3. The molecule has 10 rings (SSSR count). The number of fused-ring (bicyclic) bond motifs is 8. The molecule has 0 atom stereocenters. The lowest BCUT2D eigenvalue weighted by Gasteiger charge is -2.22. The summed E-state index contributed by atoms with van der Waals surface area (Å²) in [6.07, 6.45) is 0. The van der Waals surface area contributed by atoms with E-state index in [0.717, 1.165) is 72.2 Å². The Morgan fingerprint density at radius 3 is 1.98 bits per heavy atom. The van der Waals surface area contributed by atoms with E-state index in [1.807, 2.05) is 24.3 Å². The van der Waals surface area contributed by atoms with Gasteiger partial charge in [-0.25, -0.2) is 15.0 Å². The fraction of sp³-hybridized carbons (Fsp3) is 0.0652. The highest BCUT2D eigenvalue weighted by atomic mass is 16.3. The van der Waals surface area contributed by atoms with Crippen LogP contribution in [0, 0.1) is 0 Å². The van der Waals surface area contributed by atoms with Crippen LogP contribution in [0.3, 0.4) is 0 Å². The summed E-state index contributed by atoms with van der Waals surface area (Å²) in [6.45, 7) is 4.63. The normalized spacial score (nSPS) is 13.2. The fourth-order valence-electron chi connectivity index (χ4n) is 7.76. The van der Waals surface area contributed by atoms with Crippen LogP contribution < -0.4 is 0 Å². The van der Waals surface area contributed by atoms with Crippen LogP contribution >= 0.6 is 0 Å². The Balaban J connectivity index is 1.15. The molecule has 0 unspecified atom stereocenters. The van der Waals surface area contributed by atoms with Gasteiger partial charge in [0.1, 0.15) is 11.1 Å². The van der Waals surface area contributed by atoms with Crippen molar-refractivity contribution in [2.45, 2.75) is 19.3 Å². The highest BCUT2D eigenvalue weighted by Crippen LogP contribution is 2.49. The molecule has 0 aliphatic heterocycles. The van der Waals surface area contributed by atoms with Gasteiger partial charge in [0.25, 0.3) is 0 Å². The predicted molar refractivity (Wildman–Crippen MR) is 204 cm³/mol. The maximum absolute atomic E-state index is 6.34. The van der Waals surface area contributed by atoms with Crippen molar-refractivity contribution in [3.8, 4) is 56.3 Å². The van der Waals surface area contributed by atoms with Gasteiger partial charge < -0.3 is 4.42 Å². The molecule has 236 valence electrons. The zero-order valence-corrected chi connectivity index (χ0v) is 27.7. The van der Waals surface area contributed by atoms with E-state index >= 15 is 0 Å². The summed E-state index contributed by atoms with van der Waals surface area (Å²) in [6, 6.07) is 52.9. The van der Waals surface area contributed by atoms with Crippen molar-refractivity contribution in [3.05, 3.63) is 163 Å². The number of pyridine rings is 1. The molecule has 1 aliphatic rings. The first-order valence-corrected chi connectivity index (χ1v) is 17.0. The smallest absolute Gasteiger partial charge is 0.161 e. The molecule has 4 nitrogen and oxygen atoms in total. The molecule has 0 fully saturated rings. The Kier molecular flexibility index (Phi) is 6.19. The highest BCUT2D eigenvalue weighted by molar-refractivity contribution is 6.16. The van der Waals surface area contributed by atoms with Crippen LogP contribution in [0.1, 0.15) is 25.0 Å². The first-order valence-electron chi connectivity index (χ1n) is 17.0. The number of para-hydroxylation sites is 1. The molecule has 0 saturated heterocycles. The molecule has 1 aliphatic carbocycles. The van der Waals surface area contributed by atoms with E-state index in [0.29, 0.717) is 5.82 Å². The minimum Gasteiger partial charge on any atom is -0.454 e. The van der Waals surface area contributed by atoms with E-state index in [1.165, 1.54) is 22.3 Å². The molecule has 4 heteroatoms. The summed E-state index contributed by atoms with van der Waals surface area (Å²) in [4.78, 5) is 15.7. The van der Waals surface area contributed by atoms with Crippen LogP contribution in [0.2, 0.25) is 0 Å². The van der Waals surface area contributed by atoms with E-state index in [1.54, 1.807) is 0 Å². The number of hydrogen-bond acceptors (Lipinski definition) is 4. The van der Waals surface area contributed by atoms with Crippen molar-refractivity contribution in [3.63, 3.8) is 0 Å². The first-order chi connectivity index (χ1) is 24.5. The lowest BCUT2D eigenvalue weighted by atomic mass is 9.82. The van der Waals surface area contributed by atoms with Gasteiger partial charge in [-0.2, -0.15) is 0 Å². The van der Waals surface area contributed by atoms with Crippen molar-refractivity contribution < 1.29 is 4.42 Å². The van der Waals surface area contributed by atoms with Gasteiger partial charge in [0.2, 0.25) is 0 Å². The zero-order valence-electron chi connectivity index (χ0n) is 27.7. The second-order valence-electron chi connectivity index (χ2n) is 13.6. The molecule has 0 N–H and O–H groups in total. The SMILES string of the molecule is CC1(C)c2ccccc2-c2ccc(-c3cc(-c4ccccc4)nc(-c4cccc(-c5nc6c7ccccc7oc6c6ccccc56)c4)n3)cc21. The maximum atomic E-state index is 6.34. The van der Waals surface area contributed by atoms with Crippen molar-refractivity contribution in [2.24, 2.45) is 0 Å². The lowest BCUT2D eigenvalue weighted by molar-refractivity contribution is 0.660. The summed E-state index contributed by atoms with van der Waals surface area (Å²) < 4.78 is 6.34. The fourth-order valence-corrected chi connectivity index (χ4v) is 7.76. The monoisotopic (exact) mass is 641 g/mol. The number of aromatic nitrogens is 3. The second kappa shape index (κ2) is 10.8. The topological polar surface area (TPSA) is 51.8 Å². The van der Waals surface area contributed by atoms with Gasteiger partial charge in [0.15, 0.2) is 11.4 Å². The molecule has 0 radical (unpaired) electrons. The lowest BCUT2D eigenvalue weighted by Crippen LogP contribution is -2.14. The minimum absolute atomic E-state index is 0.106. The quantitative estimate of drug-likeness (QED) is 0.192. The van der Waals surface area contributed by atoms with Gasteiger partial charge in [0.05, 0.1) is 17.1 Å². The largest absolute Gasteiger partial charge is 0.454 e. The van der Waals surface area contributed by atoms with E-state index in [2.05, 4.69) is 141 Å². The van der Waals surface area contributed by atoms with Crippen LogP contribution in [-0.2, 0) is 5.41 Å². The molecular formula is C46H31N3O. The zero-order chi connectivity index (χ0) is 33.4. The van der Waals surface area contributed by atoms with Gasteiger partial charge >= 0.3 is 0 Å². The molecule has 9 aromatic rings. The molecule has 0 bridgehead atoms. The number of furan rings is 1. The van der Waals surface area contributed by atoms with Gasteiger partial charge in [-0.15, -0.1) is 0 Å². The predicted octanol–water partition coefficient (Wildman–Crippen LogP) is 11.9. The van der Waals surface area contributed by atoms with E-state index in [4.69, 9.17) is 19.4 Å². The van der Waals surface area contributed by atoms with Gasteiger partial charge in [0, 0.05) is 43.8 Å². The van der Waals surface area contributed by atoms with Crippen LogP contribution in [0.15, 0.2) is 156 Å². The van der Waals surface area contributed by atoms with Crippen molar-refractivity contribution >= 4 is 32.8 Å². The van der Waals surface area contributed by atoms with Gasteiger partial charge in [-0.05, 0) is 52.6 Å². The summed E-state index contributed by atoms with van der Waals surface area (Å²) >= 11 is 0. The molecule has 0 saturated carbocycles. The Bertz CT molecular complexity index is 2790. The van der Waals surface area contributed by atoms with E-state index < -0.39 is 0 Å². The van der Waals surface area contributed by atoms with Gasteiger partial charge in [-0.3, -0.25) is 0 Å². The van der Waals surface area contributed by atoms with E-state index in [-0.39, 0.29) is 5.41 Å². The summed E-state index contributed by atoms with van der Waals surface area (Å²) in [7, 11) is 0. The molecule has 3 aromatic heterocycles. The third-order valence-corrected chi connectivity index (χ3v) is 10.3. The Hall–Kier alpha value is -6.39. The van der Waals surface area contributed by atoms with Crippen molar-refractivity contribution in [2.75, 3.05) is 0 Å². The molecule has 0 amide bonds. The van der Waals surface area contributed by atoms with Crippen LogP contribution in [0.25, 0.3) is 89.1 Å². The van der Waals surface area contributed by atoms with E-state index in [9.17, 15) is 0 Å². The maximum Gasteiger partial charge on any atom is 0.161 e. The number of hydrogen-bond donors (Lipinski definition) is 0. The Morgan fingerprint density at radius 2 is 1.12 bits per heavy atom. The summed E-state index contributed by atoms with van der Waals surface area (Å²) in [5.41, 5.74) is 14.4. The first kappa shape index (κ1) is 28.6. The van der Waals surface area contributed by atoms with Crippen molar-refractivity contribution in [1.29, 1.82) is 0 Å². The van der Waals surface area contributed by atoms with Crippen LogP contribution in [0.4, 0.5) is 0 Å². The number of rotatable bonds is 4. The Labute approximate surface area is 289 Å². The molecule has 3 heterocycles. The average Bonchev–Trinajstić information content (AvgIpc) is 3.67. The van der Waals surface area contributed by atoms with Crippen LogP contribution in [-0.4, -0.2) is 15.0 Å². The molecule has 0 spiro atoms. The Morgan fingerprint density at radius 1 is 0.460 bits per heavy atom. The summed E-state index contributed by atoms with van der Waals surface area (Å²) in [5, 5.41) is 3.09. The average molecular weight is 642 g/mol. The third-order valence-electron chi connectivity index (χ3n) is 10.3. The summed E-state index contributed by atoms with van der Waals surface area (Å²) in [5.74, 6) is 0.672. The van der Waals surface area contributed by atoms with Crippen molar-refractivity contribution in [1.82, 2.24) is 15.0 Å². The van der Waals surface area contributed by atoms with Gasteiger partial charge in [-0.1, -0.05) is 135 Å². The highest BCUT2D eigenvalue weighted by Gasteiger charge is 2.35. The minimum atomic E-state index is -0.106. The molecular weight excluding hydrogens is 611 g/mol. The molecule has 6 aromatic carbocycles. The standard InChI is InChI=1S/C46H31N3O/c1-46(2)37-21-10-8-17-32(37)33-24-23-29(26-38(33)46)40-27-39(28-13-4-3-5-14-28)47-45(48-40)31-16-12-15-30(25-31)42-34-18-6-7-19-35(34)44-43(49-42)36-20-9-11-22-41(36)50-44/h3-27H,1-2H3. The van der Waals surface area contributed by atoms with Crippen LogP contribution in [0.5, 0.6) is 0 Å². The third kappa shape index (κ3) is 4.35. The number of benzene rings is 6. The second-order valence-corrected chi connectivity index (χ2v) is 13.6.